The van der Waals surface area contributed by atoms with Gasteiger partial charge in [-0.05, 0) is 19.9 Å². The molecule has 0 unspecified atom stereocenters. The molecule has 0 N–H and O–H groups in total. The van der Waals surface area contributed by atoms with Crippen molar-refractivity contribution in [3.63, 3.8) is 0 Å². The first-order valence-electron chi connectivity index (χ1n) is 3.03. The van der Waals surface area contributed by atoms with Gasteiger partial charge in [-0.2, -0.15) is 0 Å². The van der Waals surface area contributed by atoms with Gasteiger partial charge in [-0.3, -0.25) is 4.99 Å². The molecule has 1 nitrogen and oxygen atoms in total. The van der Waals surface area contributed by atoms with Crippen LogP contribution in [0, 0.1) is 0 Å². The van der Waals surface area contributed by atoms with Crippen LogP contribution in [0.15, 0.2) is 28.8 Å². The van der Waals surface area contributed by atoms with Crippen molar-refractivity contribution in [2.24, 2.45) is 4.99 Å². The van der Waals surface area contributed by atoms with E-state index in [-0.39, 0.29) is 0 Å². The van der Waals surface area contributed by atoms with Crippen molar-refractivity contribution in [3.05, 3.63) is 23.8 Å². The van der Waals surface area contributed by atoms with Crippen molar-refractivity contribution in [2.45, 2.75) is 13.8 Å². The molecule has 0 aromatic heterocycles. The Morgan fingerprint density at radius 1 is 1.44 bits per heavy atom. The van der Waals surface area contributed by atoms with Gasteiger partial charge in [-0.15, -0.1) is 0 Å². The van der Waals surface area contributed by atoms with Crippen molar-refractivity contribution in [3.8, 4) is 0 Å². The fourth-order valence-electron chi connectivity index (χ4n) is 0.377. The van der Waals surface area contributed by atoms with Gasteiger partial charge in [0.25, 0.3) is 0 Å². The van der Waals surface area contributed by atoms with Crippen molar-refractivity contribution in [1.29, 1.82) is 0 Å². The fourth-order valence-corrected chi connectivity index (χ4v) is 0.377. The van der Waals surface area contributed by atoms with Gasteiger partial charge in [0.2, 0.25) is 0 Å². The molecule has 0 aliphatic heterocycles. The van der Waals surface area contributed by atoms with Crippen molar-refractivity contribution >= 4 is 6.21 Å². The van der Waals surface area contributed by atoms with Gasteiger partial charge >= 0.3 is 0 Å². The molecule has 50 valence electrons. The molecule has 0 spiro atoms. The Balaban J connectivity index is 3.71. The number of rotatable bonds is 2. The molecule has 0 saturated heterocycles. The van der Waals surface area contributed by atoms with E-state index in [4.69, 9.17) is 0 Å². The maximum absolute atomic E-state index is 3.80. The minimum atomic E-state index is 1.26. The lowest BCUT2D eigenvalue weighted by atomic mass is 10.3. The third-order valence-electron chi connectivity index (χ3n) is 1.05. The molecular weight excluding hydrogens is 110 g/mol. The highest BCUT2D eigenvalue weighted by atomic mass is 14.6. The smallest absolute Gasteiger partial charge is 0.0277 e. The number of aliphatic imine (C=N–C) groups is 1. The van der Waals surface area contributed by atoms with Crippen LogP contribution in [0.3, 0.4) is 0 Å². The van der Waals surface area contributed by atoms with Crippen molar-refractivity contribution < 1.29 is 0 Å². The lowest BCUT2D eigenvalue weighted by molar-refractivity contribution is 1.46. The fraction of sp³-hybridized carbons (Fsp3) is 0.375. The number of nitrogens with zero attached hydrogens (tertiary/aromatic N) is 1. The SMILES string of the molecule is C/C=C(C)/C=C\C=N/C. The van der Waals surface area contributed by atoms with Crippen LogP contribution in [-0.2, 0) is 0 Å². The molecule has 0 heterocycles. The summed E-state index contributed by atoms with van der Waals surface area (Å²) >= 11 is 0. The molecule has 0 aromatic rings. The molecule has 0 rings (SSSR count). The summed E-state index contributed by atoms with van der Waals surface area (Å²) in [6, 6.07) is 0. The molecule has 0 bridgehead atoms. The van der Waals surface area contributed by atoms with Crippen LogP contribution >= 0.6 is 0 Å². The molecule has 0 amide bonds. The van der Waals surface area contributed by atoms with Crippen LogP contribution in [0.2, 0.25) is 0 Å². The highest BCUT2D eigenvalue weighted by Crippen LogP contribution is 1.91. The predicted octanol–water partition coefficient (Wildman–Crippen LogP) is 2.21. The zero-order chi connectivity index (χ0) is 7.11. The average molecular weight is 123 g/mol. The number of allylic oxidation sites excluding steroid dienone is 4. The Hall–Kier alpha value is -0.850. The van der Waals surface area contributed by atoms with Gasteiger partial charge in [-0.25, -0.2) is 0 Å². The third kappa shape index (κ3) is 5.01. The van der Waals surface area contributed by atoms with Crippen molar-refractivity contribution in [2.75, 3.05) is 7.05 Å². The second-order valence-electron chi connectivity index (χ2n) is 1.80. The van der Waals surface area contributed by atoms with E-state index in [0.717, 1.165) is 0 Å². The second kappa shape index (κ2) is 5.29. The summed E-state index contributed by atoms with van der Waals surface area (Å²) in [6.07, 6.45) is 7.77. The monoisotopic (exact) mass is 123 g/mol. The Morgan fingerprint density at radius 3 is 2.56 bits per heavy atom. The highest BCUT2D eigenvalue weighted by Gasteiger charge is 1.71. The molecule has 0 saturated carbocycles. The van der Waals surface area contributed by atoms with Crippen LogP contribution in [-0.4, -0.2) is 13.3 Å². The van der Waals surface area contributed by atoms with Gasteiger partial charge in [-0.1, -0.05) is 17.7 Å². The molecule has 1 heteroatoms. The van der Waals surface area contributed by atoms with Crippen LogP contribution in [0.4, 0.5) is 0 Å². The predicted molar refractivity (Wildman–Crippen MR) is 43.0 cm³/mol. The Kier molecular flexibility index (Phi) is 4.79. The minimum Gasteiger partial charge on any atom is -0.297 e. The summed E-state index contributed by atoms with van der Waals surface area (Å²) in [7, 11) is 1.76. The van der Waals surface area contributed by atoms with E-state index in [0.29, 0.717) is 0 Å². The van der Waals surface area contributed by atoms with Gasteiger partial charge < -0.3 is 0 Å². The lowest BCUT2D eigenvalue weighted by Crippen LogP contribution is -1.66. The summed E-state index contributed by atoms with van der Waals surface area (Å²) < 4.78 is 0. The number of hydrogen-bond acceptors (Lipinski definition) is 1. The summed E-state index contributed by atoms with van der Waals surface area (Å²) in [5.41, 5.74) is 1.26. The Labute approximate surface area is 56.8 Å². The molecule has 0 aliphatic rings. The van der Waals surface area contributed by atoms with E-state index in [1.807, 2.05) is 19.1 Å². The van der Waals surface area contributed by atoms with Crippen LogP contribution in [0.25, 0.3) is 0 Å². The van der Waals surface area contributed by atoms with E-state index in [9.17, 15) is 0 Å². The molecule has 0 aromatic carbocycles. The molecule has 0 radical (unpaired) electrons. The topological polar surface area (TPSA) is 12.4 Å². The van der Waals surface area contributed by atoms with E-state index in [1.54, 1.807) is 13.3 Å². The molecule has 0 fully saturated rings. The van der Waals surface area contributed by atoms with E-state index in [2.05, 4.69) is 18.0 Å². The van der Waals surface area contributed by atoms with E-state index >= 15 is 0 Å². The molecule has 0 aliphatic carbocycles. The first kappa shape index (κ1) is 8.15. The molecular formula is C8H13N. The van der Waals surface area contributed by atoms with Crippen LogP contribution in [0.5, 0.6) is 0 Å². The summed E-state index contributed by atoms with van der Waals surface area (Å²) in [4.78, 5) is 3.80. The Bertz CT molecular complexity index is 141. The lowest BCUT2D eigenvalue weighted by Gasteiger charge is -1.82. The minimum absolute atomic E-state index is 1.26. The average Bonchev–Trinajstić information content (AvgIpc) is 1.89. The van der Waals surface area contributed by atoms with Crippen LogP contribution < -0.4 is 0 Å². The maximum atomic E-state index is 3.80. The third-order valence-corrected chi connectivity index (χ3v) is 1.05. The zero-order valence-electron chi connectivity index (χ0n) is 6.26. The highest BCUT2D eigenvalue weighted by molar-refractivity contribution is 5.71. The molecule has 9 heavy (non-hydrogen) atoms. The summed E-state index contributed by atoms with van der Waals surface area (Å²) in [6.45, 7) is 4.07. The normalized spacial score (nSPS) is 13.9. The van der Waals surface area contributed by atoms with Crippen molar-refractivity contribution in [1.82, 2.24) is 0 Å². The van der Waals surface area contributed by atoms with Gasteiger partial charge in [0.1, 0.15) is 0 Å². The standard InChI is InChI=1S/C8H13N/c1-4-8(2)6-5-7-9-3/h4-7H,1-3H3/b6-5-,8-4+,9-7-. The molecule has 0 atom stereocenters. The maximum Gasteiger partial charge on any atom is 0.0277 e. The van der Waals surface area contributed by atoms with Gasteiger partial charge in [0, 0.05) is 13.3 Å². The van der Waals surface area contributed by atoms with Crippen LogP contribution in [0.1, 0.15) is 13.8 Å². The summed E-state index contributed by atoms with van der Waals surface area (Å²) in [5, 5.41) is 0. The number of hydrogen-bond donors (Lipinski definition) is 0. The first-order chi connectivity index (χ1) is 4.31. The quantitative estimate of drug-likeness (QED) is 0.394. The first-order valence-corrected chi connectivity index (χ1v) is 3.03. The zero-order valence-corrected chi connectivity index (χ0v) is 6.26. The van der Waals surface area contributed by atoms with E-state index < -0.39 is 0 Å². The van der Waals surface area contributed by atoms with E-state index in [1.165, 1.54) is 5.57 Å². The van der Waals surface area contributed by atoms with Gasteiger partial charge in [0.05, 0.1) is 0 Å². The second-order valence-corrected chi connectivity index (χ2v) is 1.80. The Morgan fingerprint density at radius 2 is 2.11 bits per heavy atom. The summed E-state index contributed by atoms with van der Waals surface area (Å²) in [5.74, 6) is 0. The van der Waals surface area contributed by atoms with Gasteiger partial charge in [0.15, 0.2) is 0 Å². The largest absolute Gasteiger partial charge is 0.297 e.